The van der Waals surface area contributed by atoms with Crippen molar-refractivity contribution in [1.82, 2.24) is 4.90 Å². The fourth-order valence-electron chi connectivity index (χ4n) is 4.96. The fraction of sp³-hybridized carbons (Fsp3) is 0.680. The van der Waals surface area contributed by atoms with Crippen molar-refractivity contribution in [3.8, 4) is 5.75 Å². The highest BCUT2D eigenvalue weighted by atomic mass is 35.5. The predicted octanol–water partition coefficient (Wildman–Crippen LogP) is 5.26. The average molecular weight is 435 g/mol. The number of anilines is 1. The number of nitrogens with zero attached hydrogens (tertiary/aromatic N) is 2. The normalized spacial score (nSPS) is 22.9. The first-order valence-electron chi connectivity index (χ1n) is 11.5. The summed E-state index contributed by atoms with van der Waals surface area (Å²) in [5.41, 5.74) is 4.73. The minimum absolute atomic E-state index is 0. The molecule has 5 heteroatoms. The Morgan fingerprint density at radius 3 is 2.47 bits per heavy atom. The summed E-state index contributed by atoms with van der Waals surface area (Å²) in [5, 5.41) is 0. The van der Waals surface area contributed by atoms with Gasteiger partial charge in [0.2, 0.25) is 0 Å². The summed E-state index contributed by atoms with van der Waals surface area (Å²) < 4.78 is 11.1. The van der Waals surface area contributed by atoms with Gasteiger partial charge < -0.3 is 14.4 Å². The first kappa shape index (κ1) is 23.4. The lowest BCUT2D eigenvalue weighted by molar-refractivity contribution is 0.0517. The third-order valence-electron chi connectivity index (χ3n) is 7.09. The lowest BCUT2D eigenvalue weighted by atomic mass is 9.77. The molecule has 1 aromatic rings. The SMILES string of the molecule is COc1ccc(C2=CCC(C)(C)CC2)c(N2CCN(CC3CCOCC3)CC2)c1.Cl. The topological polar surface area (TPSA) is 24.9 Å². The molecule has 0 amide bonds. The third kappa shape index (κ3) is 5.72. The van der Waals surface area contributed by atoms with Crippen LogP contribution in [0.3, 0.4) is 0 Å². The molecule has 4 rings (SSSR count). The zero-order valence-electron chi connectivity index (χ0n) is 19.0. The lowest BCUT2D eigenvalue weighted by Crippen LogP contribution is -2.48. The van der Waals surface area contributed by atoms with Crippen molar-refractivity contribution in [2.75, 3.05) is 57.9 Å². The van der Waals surface area contributed by atoms with Gasteiger partial charge in [-0.25, -0.2) is 0 Å². The number of allylic oxidation sites excluding steroid dienone is 2. The first-order chi connectivity index (χ1) is 14.0. The van der Waals surface area contributed by atoms with Crippen LogP contribution in [-0.4, -0.2) is 57.9 Å². The third-order valence-corrected chi connectivity index (χ3v) is 7.09. The van der Waals surface area contributed by atoms with Crippen molar-refractivity contribution in [1.29, 1.82) is 0 Å². The van der Waals surface area contributed by atoms with Gasteiger partial charge in [0.15, 0.2) is 0 Å². The molecule has 2 saturated heterocycles. The van der Waals surface area contributed by atoms with Crippen LogP contribution in [0.2, 0.25) is 0 Å². The molecule has 0 bridgehead atoms. The van der Waals surface area contributed by atoms with E-state index in [-0.39, 0.29) is 12.4 Å². The van der Waals surface area contributed by atoms with Gasteiger partial charge >= 0.3 is 0 Å². The van der Waals surface area contributed by atoms with Crippen LogP contribution in [0.15, 0.2) is 24.3 Å². The summed E-state index contributed by atoms with van der Waals surface area (Å²) in [4.78, 5) is 5.24. The second kappa shape index (κ2) is 10.4. The van der Waals surface area contributed by atoms with E-state index in [1.165, 1.54) is 55.5 Å². The molecule has 0 aromatic heterocycles. The van der Waals surface area contributed by atoms with Crippen LogP contribution in [0, 0.1) is 11.3 Å². The molecule has 168 valence electrons. The van der Waals surface area contributed by atoms with E-state index < -0.39 is 0 Å². The minimum Gasteiger partial charge on any atom is -0.497 e. The number of hydrogen-bond donors (Lipinski definition) is 0. The zero-order chi connectivity index (χ0) is 20.3. The van der Waals surface area contributed by atoms with Crippen molar-refractivity contribution in [3.63, 3.8) is 0 Å². The second-order valence-electron chi connectivity index (χ2n) is 9.82. The Kier molecular flexibility index (Phi) is 8.11. The highest BCUT2D eigenvalue weighted by molar-refractivity contribution is 5.85. The molecule has 2 fully saturated rings. The smallest absolute Gasteiger partial charge is 0.120 e. The average Bonchev–Trinajstić information content (AvgIpc) is 2.75. The Labute approximate surface area is 189 Å². The van der Waals surface area contributed by atoms with E-state index in [4.69, 9.17) is 9.47 Å². The highest BCUT2D eigenvalue weighted by Crippen LogP contribution is 2.41. The first-order valence-corrected chi connectivity index (χ1v) is 11.5. The second-order valence-corrected chi connectivity index (χ2v) is 9.82. The van der Waals surface area contributed by atoms with Crippen LogP contribution in [-0.2, 0) is 4.74 Å². The summed E-state index contributed by atoms with van der Waals surface area (Å²) in [6.45, 7) is 12.4. The van der Waals surface area contributed by atoms with Gasteiger partial charge in [-0.3, -0.25) is 4.90 Å². The van der Waals surface area contributed by atoms with Gasteiger partial charge in [-0.15, -0.1) is 12.4 Å². The number of methoxy groups -OCH3 is 1. The van der Waals surface area contributed by atoms with Gasteiger partial charge in [-0.1, -0.05) is 19.9 Å². The molecule has 0 atom stereocenters. The molecule has 0 saturated carbocycles. The molecule has 0 unspecified atom stereocenters. The predicted molar refractivity (Wildman–Crippen MR) is 128 cm³/mol. The number of hydrogen-bond acceptors (Lipinski definition) is 4. The summed E-state index contributed by atoms with van der Waals surface area (Å²) >= 11 is 0. The molecule has 4 nitrogen and oxygen atoms in total. The molecule has 2 heterocycles. The number of benzene rings is 1. The molecule has 0 spiro atoms. The number of ether oxygens (including phenoxy) is 2. The minimum atomic E-state index is 0. The van der Waals surface area contributed by atoms with Gasteiger partial charge in [0, 0.05) is 63.3 Å². The maximum atomic E-state index is 5.57. The lowest BCUT2D eigenvalue weighted by Gasteiger charge is -2.39. The van der Waals surface area contributed by atoms with Crippen molar-refractivity contribution >= 4 is 23.7 Å². The number of rotatable bonds is 5. The van der Waals surface area contributed by atoms with E-state index in [0.29, 0.717) is 5.41 Å². The van der Waals surface area contributed by atoms with E-state index in [0.717, 1.165) is 51.1 Å². The van der Waals surface area contributed by atoms with Gasteiger partial charge in [0.1, 0.15) is 5.75 Å². The van der Waals surface area contributed by atoms with Crippen LogP contribution in [0.4, 0.5) is 5.69 Å². The Morgan fingerprint density at radius 1 is 1.10 bits per heavy atom. The van der Waals surface area contributed by atoms with Gasteiger partial charge in [-0.05, 0) is 61.1 Å². The van der Waals surface area contributed by atoms with Crippen molar-refractivity contribution in [2.45, 2.75) is 46.0 Å². The summed E-state index contributed by atoms with van der Waals surface area (Å²) in [6, 6.07) is 6.66. The molecule has 1 aliphatic carbocycles. The van der Waals surface area contributed by atoms with E-state index in [9.17, 15) is 0 Å². The molecule has 3 aliphatic rings. The van der Waals surface area contributed by atoms with Gasteiger partial charge in [0.25, 0.3) is 0 Å². The Morgan fingerprint density at radius 2 is 1.83 bits per heavy atom. The van der Waals surface area contributed by atoms with Crippen LogP contribution in [0.1, 0.15) is 51.5 Å². The molecule has 1 aromatic carbocycles. The van der Waals surface area contributed by atoms with Crippen LogP contribution in [0.5, 0.6) is 5.75 Å². The van der Waals surface area contributed by atoms with Gasteiger partial charge in [0.05, 0.1) is 7.11 Å². The van der Waals surface area contributed by atoms with Gasteiger partial charge in [-0.2, -0.15) is 0 Å². The molecular formula is C25H39ClN2O2. The molecule has 0 N–H and O–H groups in total. The number of piperazine rings is 1. The summed E-state index contributed by atoms with van der Waals surface area (Å²) in [7, 11) is 1.77. The van der Waals surface area contributed by atoms with Crippen LogP contribution >= 0.6 is 12.4 Å². The summed E-state index contributed by atoms with van der Waals surface area (Å²) in [6.07, 6.45) is 8.55. The van der Waals surface area contributed by atoms with Crippen LogP contribution in [0.25, 0.3) is 5.57 Å². The molecule has 2 aliphatic heterocycles. The van der Waals surface area contributed by atoms with E-state index in [1.807, 2.05) is 0 Å². The maximum Gasteiger partial charge on any atom is 0.120 e. The van der Waals surface area contributed by atoms with E-state index in [2.05, 4.69) is 47.9 Å². The largest absolute Gasteiger partial charge is 0.497 e. The molecule has 30 heavy (non-hydrogen) atoms. The maximum absolute atomic E-state index is 5.57. The Hall–Kier alpha value is -1.23. The van der Waals surface area contributed by atoms with E-state index in [1.54, 1.807) is 7.11 Å². The Bertz CT molecular complexity index is 720. The summed E-state index contributed by atoms with van der Waals surface area (Å²) in [5.74, 6) is 1.78. The van der Waals surface area contributed by atoms with E-state index >= 15 is 0 Å². The standard InChI is InChI=1S/C25H38N2O2.ClH/c1-25(2)10-6-21(7-11-25)23-5-4-22(28-3)18-24(23)27-14-12-26(13-15-27)19-20-8-16-29-17-9-20;/h4-6,18,20H,7-17,19H2,1-3H3;1H. The van der Waals surface area contributed by atoms with Crippen molar-refractivity contribution in [3.05, 3.63) is 29.8 Å². The zero-order valence-corrected chi connectivity index (χ0v) is 19.8. The molecular weight excluding hydrogens is 396 g/mol. The monoisotopic (exact) mass is 434 g/mol. The highest BCUT2D eigenvalue weighted by Gasteiger charge is 2.26. The Balaban J connectivity index is 0.00000256. The van der Waals surface area contributed by atoms with Crippen LogP contribution < -0.4 is 9.64 Å². The number of halogens is 1. The van der Waals surface area contributed by atoms with Crippen molar-refractivity contribution in [2.24, 2.45) is 11.3 Å². The fourth-order valence-corrected chi connectivity index (χ4v) is 4.96. The quantitative estimate of drug-likeness (QED) is 0.631. The van der Waals surface area contributed by atoms with Crippen molar-refractivity contribution < 1.29 is 9.47 Å². The molecule has 0 radical (unpaired) electrons.